The first-order chi connectivity index (χ1) is 19.5. The number of nitrogens with zero attached hydrogens (tertiary/aromatic N) is 4. The van der Waals surface area contributed by atoms with E-state index in [-0.39, 0.29) is 21.7 Å². The van der Waals surface area contributed by atoms with Crippen LogP contribution < -0.4 is 10.0 Å². The molecule has 0 fully saturated rings. The number of anilines is 1. The third kappa shape index (κ3) is 6.45. The summed E-state index contributed by atoms with van der Waals surface area (Å²) in [7, 11) is -4.07. The topological polar surface area (TPSA) is 130 Å². The van der Waals surface area contributed by atoms with Gasteiger partial charge in [0, 0.05) is 29.6 Å². The van der Waals surface area contributed by atoms with Crippen LogP contribution in [0, 0.1) is 23.0 Å². The fraction of sp³-hybridized carbons (Fsp3) is 0.185. The third-order valence-electron chi connectivity index (χ3n) is 5.59. The number of halogens is 5. The number of carbonyl (C=O) groups is 1. The molecule has 0 atom stereocenters. The van der Waals surface area contributed by atoms with Gasteiger partial charge in [0.2, 0.25) is 10.0 Å². The van der Waals surface area contributed by atoms with E-state index >= 15 is 4.39 Å². The van der Waals surface area contributed by atoms with Gasteiger partial charge in [-0.25, -0.2) is 26.6 Å². The van der Waals surface area contributed by atoms with E-state index in [2.05, 4.69) is 20.1 Å². The zero-order valence-electron chi connectivity index (χ0n) is 22.1. The minimum absolute atomic E-state index is 0.107. The van der Waals surface area contributed by atoms with Crippen LogP contribution in [-0.4, -0.2) is 34.6 Å². The van der Waals surface area contributed by atoms with Gasteiger partial charge in [-0.1, -0.05) is 6.07 Å². The van der Waals surface area contributed by atoms with Gasteiger partial charge in [-0.2, -0.15) is 23.5 Å². The number of hydrogen-bond donors (Lipinski definition) is 2. The molecule has 0 spiro atoms. The van der Waals surface area contributed by atoms with Gasteiger partial charge in [0.25, 0.3) is 5.91 Å². The highest BCUT2D eigenvalue weighted by atomic mass is 32.2. The fourth-order valence-corrected chi connectivity index (χ4v) is 5.46. The molecular formula is C27H21F5N6O3S. The molecule has 0 saturated heterocycles. The standard InChI is InChI=1S/C27H21F5N6O3S/c1-26(2,3)37-42(40,41)23-14-34-9-8-18(23)15-4-7-21(20(29)11-15)35-25(39)22-12-24(27(30,31)32)36-38(22)17-5-6-19(28)16(10-17)13-33/h4-12,14,37H,1-3H3,(H,35,39). The maximum absolute atomic E-state index is 15.2. The number of aromatic nitrogens is 3. The van der Waals surface area contributed by atoms with Gasteiger partial charge < -0.3 is 5.32 Å². The molecule has 4 aromatic rings. The van der Waals surface area contributed by atoms with Crippen LogP contribution in [0.1, 0.15) is 42.5 Å². The number of benzene rings is 2. The second kappa shape index (κ2) is 11.0. The molecule has 2 N–H and O–H groups in total. The number of nitriles is 1. The molecule has 0 radical (unpaired) electrons. The highest BCUT2D eigenvalue weighted by Gasteiger charge is 2.36. The average Bonchev–Trinajstić information content (AvgIpc) is 3.35. The zero-order chi connectivity index (χ0) is 31.0. The Hall–Kier alpha value is -4.68. The third-order valence-corrected chi connectivity index (χ3v) is 7.38. The van der Waals surface area contributed by atoms with Crippen LogP contribution >= 0.6 is 0 Å². The zero-order valence-corrected chi connectivity index (χ0v) is 22.9. The first-order valence-electron chi connectivity index (χ1n) is 12.0. The monoisotopic (exact) mass is 604 g/mol. The van der Waals surface area contributed by atoms with Crippen molar-refractivity contribution in [3.8, 4) is 22.9 Å². The molecule has 0 saturated carbocycles. The normalized spacial score (nSPS) is 12.2. The lowest BCUT2D eigenvalue weighted by Crippen LogP contribution is -2.40. The number of sulfonamides is 1. The van der Waals surface area contributed by atoms with Crippen LogP contribution in [0.4, 0.5) is 27.6 Å². The molecule has 1 amide bonds. The van der Waals surface area contributed by atoms with E-state index in [0.717, 1.165) is 36.5 Å². The van der Waals surface area contributed by atoms with Crippen LogP contribution in [0.15, 0.2) is 65.8 Å². The van der Waals surface area contributed by atoms with Crippen LogP contribution in [0.25, 0.3) is 16.8 Å². The summed E-state index contributed by atoms with van der Waals surface area (Å²) in [6.07, 6.45) is -2.55. The Balaban J connectivity index is 1.70. The molecule has 0 aliphatic carbocycles. The summed E-state index contributed by atoms with van der Waals surface area (Å²) < 4.78 is 98.3. The Morgan fingerprint density at radius 1 is 1.00 bits per heavy atom. The number of carbonyl (C=O) groups excluding carboxylic acids is 1. The largest absolute Gasteiger partial charge is 0.435 e. The molecule has 42 heavy (non-hydrogen) atoms. The van der Waals surface area contributed by atoms with Gasteiger partial charge in [-0.05, 0) is 62.7 Å². The highest BCUT2D eigenvalue weighted by Crippen LogP contribution is 2.32. The first-order valence-corrected chi connectivity index (χ1v) is 13.4. The van der Waals surface area contributed by atoms with Crippen molar-refractivity contribution >= 4 is 21.6 Å². The maximum Gasteiger partial charge on any atom is 0.435 e. The lowest BCUT2D eigenvalue weighted by atomic mass is 10.1. The van der Waals surface area contributed by atoms with E-state index < -0.39 is 61.9 Å². The number of rotatable bonds is 6. The second-order valence-electron chi connectivity index (χ2n) is 9.98. The van der Waals surface area contributed by atoms with Crippen molar-refractivity contribution in [2.75, 3.05) is 5.32 Å². The molecule has 9 nitrogen and oxygen atoms in total. The lowest BCUT2D eigenvalue weighted by molar-refractivity contribution is -0.141. The Morgan fingerprint density at radius 2 is 1.71 bits per heavy atom. The second-order valence-corrected chi connectivity index (χ2v) is 11.6. The van der Waals surface area contributed by atoms with E-state index in [1.165, 1.54) is 18.3 Å². The number of alkyl halides is 3. The van der Waals surface area contributed by atoms with Crippen LogP contribution in [-0.2, 0) is 16.2 Å². The molecule has 15 heteroatoms. The Labute approximate surface area is 236 Å². The summed E-state index contributed by atoms with van der Waals surface area (Å²) in [5.41, 5.74) is -3.90. The predicted octanol–water partition coefficient (Wildman–Crippen LogP) is 5.43. The van der Waals surface area contributed by atoms with E-state index in [4.69, 9.17) is 5.26 Å². The maximum atomic E-state index is 15.2. The molecule has 0 aliphatic heterocycles. The molecule has 218 valence electrons. The summed E-state index contributed by atoms with van der Waals surface area (Å²) in [5.74, 6) is -3.16. The lowest BCUT2D eigenvalue weighted by Gasteiger charge is -2.21. The average molecular weight is 605 g/mol. The minimum atomic E-state index is -4.96. The predicted molar refractivity (Wildman–Crippen MR) is 141 cm³/mol. The summed E-state index contributed by atoms with van der Waals surface area (Å²) >= 11 is 0. The summed E-state index contributed by atoms with van der Waals surface area (Å²) in [5, 5.41) is 14.6. The summed E-state index contributed by atoms with van der Waals surface area (Å²) in [4.78, 5) is 16.7. The molecule has 2 aromatic carbocycles. The van der Waals surface area contributed by atoms with Crippen LogP contribution in [0.2, 0.25) is 0 Å². The fourth-order valence-electron chi connectivity index (χ4n) is 3.87. The van der Waals surface area contributed by atoms with E-state index in [9.17, 15) is 30.8 Å². The van der Waals surface area contributed by atoms with Crippen molar-refractivity contribution in [2.24, 2.45) is 0 Å². The molecule has 0 aliphatic rings. The SMILES string of the molecule is CC(C)(C)NS(=O)(=O)c1cnccc1-c1ccc(NC(=O)c2cc(C(F)(F)F)nn2-c2ccc(F)c(C#N)c2)c(F)c1. The smallest absolute Gasteiger partial charge is 0.318 e. The highest BCUT2D eigenvalue weighted by molar-refractivity contribution is 7.89. The van der Waals surface area contributed by atoms with E-state index in [1.54, 1.807) is 26.8 Å². The van der Waals surface area contributed by atoms with Crippen molar-refractivity contribution in [1.29, 1.82) is 5.26 Å². The van der Waals surface area contributed by atoms with Crippen molar-refractivity contribution < 1.29 is 35.2 Å². The minimum Gasteiger partial charge on any atom is -0.318 e. The van der Waals surface area contributed by atoms with Gasteiger partial charge in [0.05, 0.1) is 16.9 Å². The molecule has 0 bridgehead atoms. The molecule has 0 unspecified atom stereocenters. The Morgan fingerprint density at radius 3 is 2.33 bits per heavy atom. The Kier molecular flexibility index (Phi) is 7.90. The number of amides is 1. The molecular weight excluding hydrogens is 583 g/mol. The van der Waals surface area contributed by atoms with Crippen LogP contribution in [0.3, 0.4) is 0 Å². The number of nitrogens with one attached hydrogen (secondary N) is 2. The van der Waals surface area contributed by atoms with Crippen LogP contribution in [0.5, 0.6) is 0 Å². The van der Waals surface area contributed by atoms with Crippen molar-refractivity contribution in [1.82, 2.24) is 19.5 Å². The number of pyridine rings is 1. The van der Waals surface area contributed by atoms with Gasteiger partial charge in [0.15, 0.2) is 5.69 Å². The summed E-state index contributed by atoms with van der Waals surface area (Å²) in [6, 6.07) is 9.44. The van der Waals surface area contributed by atoms with Crippen molar-refractivity contribution in [2.45, 2.75) is 37.4 Å². The van der Waals surface area contributed by atoms with Gasteiger partial charge in [-0.3, -0.25) is 9.78 Å². The summed E-state index contributed by atoms with van der Waals surface area (Å²) in [6.45, 7) is 4.92. The Bertz CT molecular complexity index is 1840. The molecule has 2 aromatic heterocycles. The molecule has 4 rings (SSSR count). The number of hydrogen-bond acceptors (Lipinski definition) is 6. The van der Waals surface area contributed by atoms with Crippen molar-refractivity contribution in [3.05, 3.63) is 89.5 Å². The van der Waals surface area contributed by atoms with Crippen molar-refractivity contribution in [3.63, 3.8) is 0 Å². The van der Waals surface area contributed by atoms with Gasteiger partial charge >= 0.3 is 6.18 Å². The van der Waals surface area contributed by atoms with E-state index in [0.29, 0.717) is 10.7 Å². The van der Waals surface area contributed by atoms with E-state index in [1.807, 2.05) is 0 Å². The first kappa shape index (κ1) is 30.3. The quantitative estimate of drug-likeness (QED) is 0.282. The van der Waals surface area contributed by atoms with Gasteiger partial charge in [-0.15, -0.1) is 0 Å². The molecule has 2 heterocycles. The van der Waals surface area contributed by atoms with Gasteiger partial charge in [0.1, 0.15) is 28.3 Å².